The van der Waals surface area contributed by atoms with Gasteiger partial charge in [0.2, 0.25) is 0 Å². The summed E-state index contributed by atoms with van der Waals surface area (Å²) in [7, 11) is 0. The van der Waals surface area contributed by atoms with Gasteiger partial charge in [-0.2, -0.15) is 0 Å². The van der Waals surface area contributed by atoms with Crippen molar-refractivity contribution >= 4 is 17.9 Å². The lowest BCUT2D eigenvalue weighted by molar-refractivity contribution is -0.167. The maximum absolute atomic E-state index is 12.8. The zero-order valence-corrected chi connectivity index (χ0v) is 44.5. The molecule has 0 bridgehead atoms. The van der Waals surface area contributed by atoms with Gasteiger partial charge in [-0.3, -0.25) is 14.4 Å². The zero-order valence-electron chi connectivity index (χ0n) is 44.5. The summed E-state index contributed by atoms with van der Waals surface area (Å²) in [6, 6.07) is 0. The zero-order chi connectivity index (χ0) is 50.0. The molecule has 0 amide bonds. The second kappa shape index (κ2) is 56.4. The maximum atomic E-state index is 12.8. The summed E-state index contributed by atoms with van der Waals surface area (Å²) in [4.78, 5) is 38.1. The summed E-state index contributed by atoms with van der Waals surface area (Å²) in [5.41, 5.74) is 0. The van der Waals surface area contributed by atoms with Crippen LogP contribution in [0.3, 0.4) is 0 Å². The molecule has 0 saturated heterocycles. The van der Waals surface area contributed by atoms with Crippen molar-refractivity contribution in [3.05, 3.63) is 122 Å². The van der Waals surface area contributed by atoms with Crippen LogP contribution in [0.4, 0.5) is 0 Å². The van der Waals surface area contributed by atoms with Gasteiger partial charge in [0.1, 0.15) is 13.2 Å². The highest BCUT2D eigenvalue weighted by Crippen LogP contribution is 2.13. The number of carbonyl (C=O) groups excluding carboxylic acids is 3. The monoisotopic (exact) mass is 955 g/mol. The molecule has 69 heavy (non-hydrogen) atoms. The molecule has 0 saturated carbocycles. The van der Waals surface area contributed by atoms with Gasteiger partial charge >= 0.3 is 17.9 Å². The largest absolute Gasteiger partial charge is 0.462 e. The Labute approximate surface area is 424 Å². The highest BCUT2D eigenvalue weighted by atomic mass is 16.6. The molecule has 0 aromatic carbocycles. The number of hydrogen-bond donors (Lipinski definition) is 0. The van der Waals surface area contributed by atoms with Crippen LogP contribution < -0.4 is 0 Å². The van der Waals surface area contributed by atoms with Gasteiger partial charge in [-0.1, -0.05) is 219 Å². The molecule has 390 valence electrons. The van der Waals surface area contributed by atoms with E-state index in [2.05, 4.69) is 142 Å². The molecule has 0 radical (unpaired) electrons. The summed E-state index contributed by atoms with van der Waals surface area (Å²) in [6.07, 6.45) is 77.7. The fraction of sp³-hybridized carbons (Fsp3) is 0.635. The molecule has 6 heteroatoms. The van der Waals surface area contributed by atoms with E-state index in [1.807, 2.05) is 0 Å². The van der Waals surface area contributed by atoms with Crippen molar-refractivity contribution in [2.24, 2.45) is 0 Å². The minimum atomic E-state index is -0.835. The number of allylic oxidation sites excluding steroid dienone is 20. The Morgan fingerprint density at radius 3 is 0.986 bits per heavy atom. The molecular weight excluding hydrogens is 853 g/mol. The van der Waals surface area contributed by atoms with Crippen LogP contribution in [0.2, 0.25) is 0 Å². The lowest BCUT2D eigenvalue weighted by atomic mass is 10.1. The fourth-order valence-electron chi connectivity index (χ4n) is 7.23. The van der Waals surface area contributed by atoms with Crippen molar-refractivity contribution in [2.75, 3.05) is 13.2 Å². The number of ether oxygens (including phenoxy) is 3. The Morgan fingerprint density at radius 1 is 0.304 bits per heavy atom. The van der Waals surface area contributed by atoms with Gasteiger partial charge in [-0.25, -0.2) is 0 Å². The molecular formula is C63H102O6. The van der Waals surface area contributed by atoms with Crippen LogP contribution in [0.15, 0.2) is 122 Å². The quantitative estimate of drug-likeness (QED) is 0.0262. The molecule has 0 heterocycles. The van der Waals surface area contributed by atoms with E-state index in [1.54, 1.807) is 0 Å². The maximum Gasteiger partial charge on any atom is 0.306 e. The third kappa shape index (κ3) is 54.6. The van der Waals surface area contributed by atoms with Crippen LogP contribution in [-0.4, -0.2) is 37.2 Å². The van der Waals surface area contributed by atoms with Crippen molar-refractivity contribution < 1.29 is 28.6 Å². The molecule has 6 nitrogen and oxygen atoms in total. The van der Waals surface area contributed by atoms with E-state index in [4.69, 9.17) is 14.2 Å². The molecule has 0 aliphatic carbocycles. The first kappa shape index (κ1) is 64.8. The Kier molecular flexibility index (Phi) is 53.0. The number of rotatable bonds is 49. The highest BCUT2D eigenvalue weighted by Gasteiger charge is 2.19. The van der Waals surface area contributed by atoms with Gasteiger partial charge in [0, 0.05) is 19.3 Å². The second-order valence-electron chi connectivity index (χ2n) is 18.1. The normalized spacial score (nSPS) is 13.0. The van der Waals surface area contributed by atoms with Crippen molar-refractivity contribution in [3.63, 3.8) is 0 Å². The van der Waals surface area contributed by atoms with Crippen LogP contribution in [-0.2, 0) is 28.6 Å². The lowest BCUT2D eigenvalue weighted by Gasteiger charge is -2.18. The van der Waals surface area contributed by atoms with E-state index in [0.29, 0.717) is 19.3 Å². The summed E-state index contributed by atoms with van der Waals surface area (Å²) in [5, 5.41) is 0. The predicted octanol–water partition coefficient (Wildman–Crippen LogP) is 18.9. The van der Waals surface area contributed by atoms with Gasteiger partial charge in [-0.15, -0.1) is 0 Å². The van der Waals surface area contributed by atoms with Crippen LogP contribution in [0.5, 0.6) is 0 Å². The van der Waals surface area contributed by atoms with Gasteiger partial charge in [0.05, 0.1) is 0 Å². The van der Waals surface area contributed by atoms with Crippen LogP contribution >= 0.6 is 0 Å². The third-order valence-electron chi connectivity index (χ3n) is 11.4. The Hall–Kier alpha value is -4.19. The Balaban J connectivity index is 4.58. The van der Waals surface area contributed by atoms with Crippen LogP contribution in [0, 0.1) is 0 Å². The highest BCUT2D eigenvalue weighted by molar-refractivity contribution is 5.71. The van der Waals surface area contributed by atoms with Crippen molar-refractivity contribution in [1.82, 2.24) is 0 Å². The van der Waals surface area contributed by atoms with E-state index in [-0.39, 0.29) is 44.0 Å². The standard InChI is InChI=1S/C63H102O6/c1-4-7-10-13-16-19-22-25-28-31-34-37-40-43-46-49-52-55-61(64)67-58-60(69-63(66)57-54-51-48-45-42-39-36-33-30-27-24-21-18-15-12-9-6-3)59-68-62(65)56-53-50-47-44-41-38-35-32-29-26-23-20-17-14-11-8-5-2/h7,10,16,18-19,21,25-30,34,36-37,39,43,45-46,48,60H,4-6,8-9,11-15,17,20,22-24,31-33,35,38,40-42,44,47,49-59H2,1-3H3/b10-7-,19-16-,21-18-,28-25-,29-26-,30-27-,37-34-,39-36-,46-43-,48-45-/t60-/m1/s1. The van der Waals surface area contributed by atoms with Gasteiger partial charge in [0.25, 0.3) is 0 Å². The number of esters is 3. The van der Waals surface area contributed by atoms with Crippen molar-refractivity contribution in [1.29, 1.82) is 0 Å². The molecule has 0 spiro atoms. The summed E-state index contributed by atoms with van der Waals surface area (Å²) < 4.78 is 16.7. The Morgan fingerprint density at radius 2 is 0.580 bits per heavy atom. The average Bonchev–Trinajstić information content (AvgIpc) is 3.35. The van der Waals surface area contributed by atoms with Crippen LogP contribution in [0.1, 0.15) is 239 Å². The van der Waals surface area contributed by atoms with E-state index >= 15 is 0 Å². The SMILES string of the molecule is CC/C=C\C/C=C\C/C=C\C/C=C\C/C=C\CCCC(=O)OC[C@H](COC(=O)CCCCCCCCC/C=C\CCCCCCCC)OC(=O)CCC/C=C\C/C=C\C/C=C\C/C=C\CCCCC. The first-order valence-corrected chi connectivity index (χ1v) is 28.0. The van der Waals surface area contributed by atoms with Gasteiger partial charge in [-0.05, 0) is 122 Å². The second-order valence-corrected chi connectivity index (χ2v) is 18.1. The lowest BCUT2D eigenvalue weighted by Crippen LogP contribution is -2.30. The first-order chi connectivity index (χ1) is 34.0. The predicted molar refractivity (Wildman–Crippen MR) is 297 cm³/mol. The molecule has 0 aliphatic heterocycles. The smallest absolute Gasteiger partial charge is 0.306 e. The first-order valence-electron chi connectivity index (χ1n) is 28.0. The summed E-state index contributed by atoms with van der Waals surface area (Å²) in [5.74, 6) is -1.05. The van der Waals surface area contributed by atoms with Crippen molar-refractivity contribution in [3.8, 4) is 0 Å². The molecule has 0 fully saturated rings. The molecule has 0 rings (SSSR count). The molecule has 0 aliphatic rings. The summed E-state index contributed by atoms with van der Waals surface area (Å²) in [6.45, 7) is 6.39. The number of unbranched alkanes of at least 4 members (excludes halogenated alkanes) is 18. The molecule has 0 aromatic heterocycles. The van der Waals surface area contributed by atoms with E-state index < -0.39 is 6.10 Å². The molecule has 1 atom stereocenters. The van der Waals surface area contributed by atoms with Crippen molar-refractivity contribution in [2.45, 2.75) is 245 Å². The van der Waals surface area contributed by atoms with E-state index in [9.17, 15) is 14.4 Å². The van der Waals surface area contributed by atoms with Gasteiger partial charge < -0.3 is 14.2 Å². The summed E-state index contributed by atoms with van der Waals surface area (Å²) >= 11 is 0. The van der Waals surface area contributed by atoms with E-state index in [0.717, 1.165) is 83.5 Å². The Bertz CT molecular complexity index is 1470. The minimum absolute atomic E-state index is 0.123. The number of carbonyl (C=O) groups is 3. The third-order valence-corrected chi connectivity index (χ3v) is 11.4. The minimum Gasteiger partial charge on any atom is -0.462 e. The topological polar surface area (TPSA) is 78.9 Å². The fourth-order valence-corrected chi connectivity index (χ4v) is 7.23. The number of hydrogen-bond acceptors (Lipinski definition) is 6. The van der Waals surface area contributed by atoms with Crippen LogP contribution in [0.25, 0.3) is 0 Å². The molecule has 0 unspecified atom stereocenters. The average molecular weight is 956 g/mol. The molecule has 0 N–H and O–H groups in total. The van der Waals surface area contributed by atoms with E-state index in [1.165, 1.54) is 103 Å². The van der Waals surface area contributed by atoms with Gasteiger partial charge in [0.15, 0.2) is 6.10 Å². The molecule has 0 aromatic rings.